The summed E-state index contributed by atoms with van der Waals surface area (Å²) in [5, 5.41) is 0. The third-order valence-corrected chi connectivity index (χ3v) is 7.12. The number of hydrogen-bond donors (Lipinski definition) is 2. The molecule has 4 N–H and O–H groups in total. The van der Waals surface area contributed by atoms with Crippen LogP contribution < -0.4 is 20.9 Å². The van der Waals surface area contributed by atoms with Gasteiger partial charge in [0.15, 0.2) is 0 Å². The molecule has 6 heteroatoms. The summed E-state index contributed by atoms with van der Waals surface area (Å²) in [5.41, 5.74) is 19.6. The van der Waals surface area contributed by atoms with Crippen LogP contribution in [-0.2, 0) is 12.8 Å². The Hall–Kier alpha value is -3.74. The van der Waals surface area contributed by atoms with Gasteiger partial charge in [0.1, 0.15) is 23.1 Å². The van der Waals surface area contributed by atoms with E-state index < -0.39 is 0 Å². The second-order valence-electron chi connectivity index (χ2n) is 9.31. The first kappa shape index (κ1) is 27.3. The van der Waals surface area contributed by atoms with Crippen molar-refractivity contribution in [3.63, 3.8) is 0 Å². The zero-order valence-corrected chi connectivity index (χ0v) is 22.3. The fraction of sp³-hybridized carbons (Fsp3) is 0.250. The Labute approximate surface area is 223 Å². The first-order chi connectivity index (χ1) is 18.3. The van der Waals surface area contributed by atoms with Crippen LogP contribution in [0.2, 0.25) is 0 Å². The Kier molecular flexibility index (Phi) is 8.45. The molecule has 0 spiro atoms. The molecule has 0 amide bonds. The third-order valence-electron chi connectivity index (χ3n) is 7.12. The van der Waals surface area contributed by atoms with Crippen LogP contribution in [-0.4, -0.2) is 27.3 Å². The molecule has 0 aliphatic carbocycles. The van der Waals surface area contributed by atoms with Gasteiger partial charge in [-0.25, -0.2) is 8.78 Å². The van der Waals surface area contributed by atoms with Gasteiger partial charge in [-0.1, -0.05) is 36.4 Å². The first-order valence-electron chi connectivity index (χ1n) is 12.7. The van der Waals surface area contributed by atoms with Crippen molar-refractivity contribution in [2.75, 3.05) is 27.3 Å². The second kappa shape index (κ2) is 11.8. The van der Waals surface area contributed by atoms with Gasteiger partial charge in [0.25, 0.3) is 0 Å². The van der Waals surface area contributed by atoms with Crippen LogP contribution in [0.1, 0.15) is 22.3 Å². The molecule has 0 aliphatic heterocycles. The third kappa shape index (κ3) is 5.15. The number of nitrogens with two attached hydrogens (primary N) is 2. The molecule has 0 saturated heterocycles. The van der Waals surface area contributed by atoms with Crippen molar-refractivity contribution < 1.29 is 18.3 Å². The molecular formula is C32H34F2N2O2. The van der Waals surface area contributed by atoms with Crippen LogP contribution in [0, 0.1) is 25.5 Å². The summed E-state index contributed by atoms with van der Waals surface area (Å²) in [5.74, 6) is 0.314. The van der Waals surface area contributed by atoms with Gasteiger partial charge < -0.3 is 20.9 Å². The van der Waals surface area contributed by atoms with E-state index in [4.69, 9.17) is 20.9 Å². The SMILES string of the molecule is COc1cc(-c2cccc(-c3cccc(-c4cc(F)c(CCN)c(OC)c4)c3C)c2C)cc(F)c1CCN. The van der Waals surface area contributed by atoms with Crippen LogP contribution in [0.25, 0.3) is 33.4 Å². The van der Waals surface area contributed by atoms with Crippen LogP contribution >= 0.6 is 0 Å². The molecule has 0 radical (unpaired) electrons. The van der Waals surface area contributed by atoms with Crippen molar-refractivity contribution >= 4 is 0 Å². The molecule has 38 heavy (non-hydrogen) atoms. The molecule has 0 saturated carbocycles. The zero-order valence-electron chi connectivity index (χ0n) is 22.3. The lowest BCUT2D eigenvalue weighted by molar-refractivity contribution is 0.404. The molecule has 0 heterocycles. The highest BCUT2D eigenvalue weighted by Gasteiger charge is 2.18. The van der Waals surface area contributed by atoms with E-state index in [-0.39, 0.29) is 11.6 Å². The van der Waals surface area contributed by atoms with E-state index in [2.05, 4.69) is 0 Å². The maximum Gasteiger partial charge on any atom is 0.130 e. The summed E-state index contributed by atoms with van der Waals surface area (Å²) < 4.78 is 41.0. The molecule has 4 aromatic rings. The molecular weight excluding hydrogens is 482 g/mol. The molecule has 0 unspecified atom stereocenters. The predicted octanol–water partition coefficient (Wildman–Crippen LogP) is 6.60. The molecule has 0 aliphatic rings. The summed E-state index contributed by atoms with van der Waals surface area (Å²) in [6, 6.07) is 18.8. The Bertz CT molecular complexity index is 1360. The fourth-order valence-corrected chi connectivity index (χ4v) is 5.15. The van der Waals surface area contributed by atoms with E-state index in [1.165, 1.54) is 14.2 Å². The number of halogens is 2. The summed E-state index contributed by atoms with van der Waals surface area (Å²) >= 11 is 0. The molecule has 0 fully saturated rings. The van der Waals surface area contributed by atoms with Gasteiger partial charge >= 0.3 is 0 Å². The summed E-state index contributed by atoms with van der Waals surface area (Å²) in [4.78, 5) is 0. The molecule has 0 atom stereocenters. The topological polar surface area (TPSA) is 70.5 Å². The van der Waals surface area contributed by atoms with E-state index in [1.54, 1.807) is 12.1 Å². The Morgan fingerprint density at radius 2 is 0.974 bits per heavy atom. The quantitative estimate of drug-likeness (QED) is 0.263. The van der Waals surface area contributed by atoms with Crippen molar-refractivity contribution in [2.24, 2.45) is 11.5 Å². The van der Waals surface area contributed by atoms with Crippen molar-refractivity contribution in [3.05, 3.63) is 94.6 Å². The monoisotopic (exact) mass is 516 g/mol. The van der Waals surface area contributed by atoms with Crippen LogP contribution in [0.3, 0.4) is 0 Å². The second-order valence-corrected chi connectivity index (χ2v) is 9.31. The molecule has 4 aromatic carbocycles. The maximum absolute atomic E-state index is 15.0. The minimum atomic E-state index is -0.332. The highest BCUT2D eigenvalue weighted by Crippen LogP contribution is 2.39. The molecule has 0 aromatic heterocycles. The highest BCUT2D eigenvalue weighted by atomic mass is 19.1. The van der Waals surface area contributed by atoms with Gasteiger partial charge in [0, 0.05) is 11.1 Å². The Morgan fingerprint density at radius 1 is 0.605 bits per heavy atom. The maximum atomic E-state index is 15.0. The van der Waals surface area contributed by atoms with E-state index in [0.717, 1.165) is 44.5 Å². The fourth-order valence-electron chi connectivity index (χ4n) is 5.15. The van der Waals surface area contributed by atoms with Crippen molar-refractivity contribution in [2.45, 2.75) is 26.7 Å². The van der Waals surface area contributed by atoms with Crippen molar-refractivity contribution in [1.29, 1.82) is 0 Å². The predicted molar refractivity (Wildman–Crippen MR) is 151 cm³/mol. The largest absolute Gasteiger partial charge is 0.496 e. The smallest absolute Gasteiger partial charge is 0.130 e. The molecule has 198 valence electrons. The standard InChI is InChI=1S/C32H34F2N2O2/c1-19-23(21-15-29(33)27(11-13-35)31(17-21)37-3)7-5-9-25(19)26-10-6-8-24(20(26)2)22-16-30(34)28(12-14-36)32(18-22)38-4/h5-10,15-18H,11-14,35-36H2,1-4H3. The Balaban J connectivity index is 1.83. The first-order valence-corrected chi connectivity index (χ1v) is 12.7. The number of benzene rings is 4. The average molecular weight is 517 g/mol. The minimum absolute atomic E-state index is 0.332. The van der Waals surface area contributed by atoms with Gasteiger partial charge in [-0.15, -0.1) is 0 Å². The lowest BCUT2D eigenvalue weighted by atomic mass is 9.87. The number of hydrogen-bond acceptors (Lipinski definition) is 4. The summed E-state index contributed by atoms with van der Waals surface area (Å²) in [6.07, 6.45) is 0.803. The number of rotatable bonds is 9. The lowest BCUT2D eigenvalue weighted by Crippen LogP contribution is -2.07. The zero-order chi connectivity index (χ0) is 27.4. The lowest BCUT2D eigenvalue weighted by Gasteiger charge is -2.18. The molecule has 0 bridgehead atoms. The number of methoxy groups -OCH3 is 2. The summed E-state index contributed by atoms with van der Waals surface area (Å²) in [6.45, 7) is 4.73. The van der Waals surface area contributed by atoms with Crippen LogP contribution in [0.5, 0.6) is 11.5 Å². The van der Waals surface area contributed by atoms with Crippen LogP contribution in [0.4, 0.5) is 8.78 Å². The van der Waals surface area contributed by atoms with E-state index in [9.17, 15) is 0 Å². The van der Waals surface area contributed by atoms with Crippen molar-refractivity contribution in [3.8, 4) is 44.9 Å². The average Bonchev–Trinajstić information content (AvgIpc) is 2.91. The van der Waals surface area contributed by atoms with Gasteiger partial charge in [0.05, 0.1) is 14.2 Å². The minimum Gasteiger partial charge on any atom is -0.496 e. The van der Waals surface area contributed by atoms with E-state index in [0.29, 0.717) is 48.6 Å². The number of ether oxygens (including phenoxy) is 2. The van der Waals surface area contributed by atoms with Gasteiger partial charge in [-0.3, -0.25) is 0 Å². The van der Waals surface area contributed by atoms with Gasteiger partial charge in [-0.05, 0) is 109 Å². The highest BCUT2D eigenvalue weighted by molar-refractivity contribution is 5.84. The normalized spacial score (nSPS) is 11.1. The Morgan fingerprint density at radius 3 is 1.32 bits per heavy atom. The van der Waals surface area contributed by atoms with Crippen molar-refractivity contribution in [1.82, 2.24) is 0 Å². The van der Waals surface area contributed by atoms with Gasteiger partial charge in [-0.2, -0.15) is 0 Å². The molecule has 4 rings (SSSR count). The van der Waals surface area contributed by atoms with Crippen LogP contribution in [0.15, 0.2) is 60.7 Å². The summed E-state index contributed by atoms with van der Waals surface area (Å²) in [7, 11) is 3.08. The molecule has 4 nitrogen and oxygen atoms in total. The van der Waals surface area contributed by atoms with E-state index >= 15 is 8.78 Å². The van der Waals surface area contributed by atoms with E-state index in [1.807, 2.05) is 62.4 Å². The van der Waals surface area contributed by atoms with Gasteiger partial charge in [0.2, 0.25) is 0 Å².